The smallest absolute Gasteiger partial charge is 0.336 e. The molecule has 4 rings (SSSR count). The van der Waals surface area contributed by atoms with Crippen LogP contribution in [0.1, 0.15) is 5.56 Å². The zero-order valence-electron chi connectivity index (χ0n) is 12.2. The predicted molar refractivity (Wildman–Crippen MR) is 91.3 cm³/mol. The highest BCUT2D eigenvalue weighted by Crippen LogP contribution is 2.25. The molecule has 0 saturated carbocycles. The van der Waals surface area contributed by atoms with Crippen LogP contribution in [0.25, 0.3) is 27.9 Å². The number of H-pyrrole nitrogens is 2. The van der Waals surface area contributed by atoms with Crippen LogP contribution in [0.15, 0.2) is 67.0 Å². The van der Waals surface area contributed by atoms with Crippen LogP contribution in [0.4, 0.5) is 0 Å². The minimum absolute atomic E-state index is 0.403. The second-order valence-corrected chi connectivity index (χ2v) is 5.24. The van der Waals surface area contributed by atoms with Gasteiger partial charge in [-0.25, -0.2) is 4.79 Å². The number of fused-ring (bicyclic) bond motifs is 2. The molecule has 4 aromatic rings. The van der Waals surface area contributed by atoms with Crippen molar-refractivity contribution in [3.63, 3.8) is 0 Å². The highest BCUT2D eigenvalue weighted by atomic mass is 16.5. The van der Waals surface area contributed by atoms with Crippen LogP contribution in [0.3, 0.4) is 0 Å². The van der Waals surface area contributed by atoms with Gasteiger partial charge in [0.05, 0.1) is 0 Å². The number of hydrogen-bond acceptors (Lipinski definition) is 2. The number of hydrogen-bond donors (Lipinski definition) is 2. The average molecular weight is 302 g/mol. The number of carbonyl (C=O) groups excluding carboxylic acids is 1. The summed E-state index contributed by atoms with van der Waals surface area (Å²) in [5.74, 6) is 0.134. The van der Waals surface area contributed by atoms with E-state index in [0.29, 0.717) is 5.75 Å². The number of ether oxygens (including phenoxy) is 1. The number of para-hydroxylation sites is 2. The van der Waals surface area contributed by atoms with Gasteiger partial charge in [0.2, 0.25) is 0 Å². The molecule has 0 radical (unpaired) electrons. The molecule has 0 amide bonds. The second kappa shape index (κ2) is 5.50. The van der Waals surface area contributed by atoms with Gasteiger partial charge in [-0.3, -0.25) is 0 Å². The van der Waals surface area contributed by atoms with Crippen molar-refractivity contribution in [1.29, 1.82) is 0 Å². The molecule has 0 atom stereocenters. The maximum atomic E-state index is 12.1. The van der Waals surface area contributed by atoms with E-state index >= 15 is 0 Å². The maximum absolute atomic E-state index is 12.1. The van der Waals surface area contributed by atoms with Crippen molar-refractivity contribution < 1.29 is 9.53 Å². The first-order valence-corrected chi connectivity index (χ1v) is 7.33. The van der Waals surface area contributed by atoms with Gasteiger partial charge in [0, 0.05) is 45.8 Å². The maximum Gasteiger partial charge on any atom is 0.336 e. The number of aromatic nitrogens is 2. The molecule has 0 aliphatic carbocycles. The molecule has 4 nitrogen and oxygen atoms in total. The van der Waals surface area contributed by atoms with Crippen LogP contribution in [0.5, 0.6) is 5.75 Å². The van der Waals surface area contributed by atoms with Gasteiger partial charge in [-0.2, -0.15) is 0 Å². The Balaban J connectivity index is 1.56. The third-order valence-corrected chi connectivity index (χ3v) is 3.78. The van der Waals surface area contributed by atoms with E-state index in [0.717, 1.165) is 27.4 Å². The number of aromatic amines is 2. The Morgan fingerprint density at radius 1 is 0.870 bits per heavy atom. The van der Waals surface area contributed by atoms with Gasteiger partial charge in [-0.15, -0.1) is 0 Å². The minimum Gasteiger partial charge on any atom is -0.421 e. The third-order valence-electron chi connectivity index (χ3n) is 3.78. The number of benzene rings is 2. The molecule has 0 aliphatic heterocycles. The minimum atomic E-state index is -0.403. The van der Waals surface area contributed by atoms with Gasteiger partial charge in [0.25, 0.3) is 0 Å². The average Bonchev–Trinajstić information content (AvgIpc) is 3.18. The SMILES string of the molecule is O=C(C=Cc1c[nH]c2ccccc12)Oc1c[nH]c2ccccc12. The van der Waals surface area contributed by atoms with E-state index in [1.54, 1.807) is 12.3 Å². The molecule has 2 aromatic heterocycles. The molecule has 2 N–H and O–H groups in total. The summed E-state index contributed by atoms with van der Waals surface area (Å²) >= 11 is 0. The van der Waals surface area contributed by atoms with E-state index in [4.69, 9.17) is 4.74 Å². The molecule has 0 saturated heterocycles. The van der Waals surface area contributed by atoms with Crippen molar-refractivity contribution in [3.05, 3.63) is 72.6 Å². The predicted octanol–water partition coefficient (Wildman–Crippen LogP) is 4.27. The lowest BCUT2D eigenvalue weighted by Crippen LogP contribution is -2.02. The van der Waals surface area contributed by atoms with E-state index in [1.807, 2.05) is 54.7 Å². The van der Waals surface area contributed by atoms with Crippen molar-refractivity contribution in [1.82, 2.24) is 9.97 Å². The largest absolute Gasteiger partial charge is 0.421 e. The van der Waals surface area contributed by atoms with Crippen molar-refractivity contribution in [3.8, 4) is 5.75 Å². The standard InChI is InChI=1S/C19H14N2O2/c22-19(23-18-12-21-17-8-4-2-6-15(17)18)10-9-13-11-20-16-7-3-1-5-14(13)16/h1-12,20-21H. The van der Waals surface area contributed by atoms with Crippen LogP contribution >= 0.6 is 0 Å². The summed E-state index contributed by atoms with van der Waals surface area (Å²) < 4.78 is 5.41. The van der Waals surface area contributed by atoms with Gasteiger partial charge in [0.1, 0.15) is 0 Å². The molecule has 0 fully saturated rings. The highest BCUT2D eigenvalue weighted by molar-refractivity contribution is 5.96. The van der Waals surface area contributed by atoms with E-state index in [9.17, 15) is 4.79 Å². The molecule has 23 heavy (non-hydrogen) atoms. The van der Waals surface area contributed by atoms with Crippen molar-refractivity contribution in [2.75, 3.05) is 0 Å². The van der Waals surface area contributed by atoms with Crippen molar-refractivity contribution >= 4 is 33.9 Å². The van der Waals surface area contributed by atoms with Gasteiger partial charge < -0.3 is 14.7 Å². The Morgan fingerprint density at radius 2 is 1.52 bits per heavy atom. The molecular weight excluding hydrogens is 288 g/mol. The Kier molecular flexibility index (Phi) is 3.20. The fraction of sp³-hybridized carbons (Fsp3) is 0. The van der Waals surface area contributed by atoms with Crippen LogP contribution in [-0.4, -0.2) is 15.9 Å². The fourth-order valence-corrected chi connectivity index (χ4v) is 2.66. The van der Waals surface area contributed by atoms with Crippen LogP contribution in [0, 0.1) is 0 Å². The molecule has 4 heteroatoms. The highest BCUT2D eigenvalue weighted by Gasteiger charge is 2.07. The zero-order valence-corrected chi connectivity index (χ0v) is 12.2. The quantitative estimate of drug-likeness (QED) is 0.438. The Hall–Kier alpha value is -3.27. The van der Waals surface area contributed by atoms with Gasteiger partial charge in [-0.05, 0) is 24.3 Å². The summed E-state index contributed by atoms with van der Waals surface area (Å²) in [5, 5.41) is 1.96. The van der Waals surface area contributed by atoms with Gasteiger partial charge >= 0.3 is 5.97 Å². The molecule has 2 aromatic carbocycles. The van der Waals surface area contributed by atoms with Gasteiger partial charge in [0.15, 0.2) is 5.75 Å². The lowest BCUT2D eigenvalue weighted by Gasteiger charge is -1.98. The topological polar surface area (TPSA) is 57.9 Å². The van der Waals surface area contributed by atoms with Crippen LogP contribution < -0.4 is 4.74 Å². The monoisotopic (exact) mass is 302 g/mol. The Labute approximate surface area is 132 Å². The van der Waals surface area contributed by atoms with Crippen LogP contribution in [-0.2, 0) is 4.79 Å². The zero-order chi connectivity index (χ0) is 15.6. The molecule has 112 valence electrons. The molecule has 0 spiro atoms. The number of carbonyl (C=O) groups is 1. The molecule has 2 heterocycles. The summed E-state index contributed by atoms with van der Waals surface area (Å²) in [6.07, 6.45) is 6.77. The van der Waals surface area contributed by atoms with E-state index < -0.39 is 5.97 Å². The van der Waals surface area contributed by atoms with E-state index in [-0.39, 0.29) is 0 Å². The summed E-state index contributed by atoms with van der Waals surface area (Å²) in [6.45, 7) is 0. The molecule has 0 unspecified atom stereocenters. The van der Waals surface area contributed by atoms with Gasteiger partial charge in [-0.1, -0.05) is 30.3 Å². The van der Waals surface area contributed by atoms with Crippen molar-refractivity contribution in [2.24, 2.45) is 0 Å². The third kappa shape index (κ3) is 2.51. The normalized spacial score (nSPS) is 11.5. The van der Waals surface area contributed by atoms with Crippen LogP contribution in [0.2, 0.25) is 0 Å². The molecule has 0 aliphatic rings. The number of esters is 1. The fourth-order valence-electron chi connectivity index (χ4n) is 2.66. The molecular formula is C19H14N2O2. The lowest BCUT2D eigenvalue weighted by atomic mass is 10.1. The summed E-state index contributed by atoms with van der Waals surface area (Å²) in [6, 6.07) is 15.6. The summed E-state index contributed by atoms with van der Waals surface area (Å²) in [5.41, 5.74) is 2.93. The van der Waals surface area contributed by atoms with E-state index in [1.165, 1.54) is 6.08 Å². The Bertz CT molecular complexity index is 1020. The second-order valence-electron chi connectivity index (χ2n) is 5.24. The lowest BCUT2D eigenvalue weighted by molar-refractivity contribution is -0.128. The first-order chi connectivity index (χ1) is 11.3. The Morgan fingerprint density at radius 3 is 2.35 bits per heavy atom. The van der Waals surface area contributed by atoms with Crippen molar-refractivity contribution in [2.45, 2.75) is 0 Å². The summed E-state index contributed by atoms with van der Waals surface area (Å²) in [4.78, 5) is 18.3. The number of nitrogens with one attached hydrogen (secondary N) is 2. The van der Waals surface area contributed by atoms with E-state index in [2.05, 4.69) is 9.97 Å². The summed E-state index contributed by atoms with van der Waals surface area (Å²) in [7, 11) is 0. The first-order valence-electron chi connectivity index (χ1n) is 7.33. The number of rotatable bonds is 3. The first kappa shape index (κ1) is 13.4. The molecule has 0 bridgehead atoms.